The number of nitrogens with one attached hydrogen (secondary N) is 1. The highest BCUT2D eigenvalue weighted by Crippen LogP contribution is 2.30. The van der Waals surface area contributed by atoms with Crippen molar-refractivity contribution in [3.63, 3.8) is 0 Å². The number of aliphatic hydroxyl groups excluding tert-OH is 8. The lowest BCUT2D eigenvalue weighted by molar-refractivity contribution is -0.359. The molecule has 2 aliphatic heterocycles. The van der Waals surface area contributed by atoms with Crippen LogP contribution < -0.4 is 5.32 Å². The van der Waals surface area contributed by atoms with E-state index in [2.05, 4.69) is 43.5 Å². The normalized spacial score (nSPS) is 22.9. The van der Waals surface area contributed by atoms with Gasteiger partial charge in [0.05, 0.1) is 32.0 Å². The number of allylic oxidation sites excluding steroid dienone is 5. The zero-order valence-corrected chi connectivity index (χ0v) is 58.6. The van der Waals surface area contributed by atoms with Gasteiger partial charge in [-0.1, -0.05) is 333 Å². The molecule has 2 rings (SSSR count). The van der Waals surface area contributed by atoms with Crippen molar-refractivity contribution in [2.45, 2.75) is 428 Å². The first-order valence-electron chi connectivity index (χ1n) is 38.7. The molecule has 0 bridgehead atoms. The average Bonchev–Trinajstić information content (AvgIpc) is 1.04. The summed E-state index contributed by atoms with van der Waals surface area (Å²) < 4.78 is 22.9. The Hall–Kier alpha value is -1.79. The number of carbonyl (C=O) groups excluding carboxylic acids is 1. The van der Waals surface area contributed by atoms with E-state index in [0.29, 0.717) is 6.42 Å². The third kappa shape index (κ3) is 45.4. The summed E-state index contributed by atoms with van der Waals surface area (Å²) in [5, 5.41) is 87.5. The number of amides is 1. The third-order valence-corrected chi connectivity index (χ3v) is 19.1. The summed E-state index contributed by atoms with van der Waals surface area (Å²) in [6.07, 6.45) is 63.7. The number of hydrogen-bond donors (Lipinski definition) is 9. The molecular weight excluding hydrogens is 1150 g/mol. The predicted octanol–water partition coefficient (Wildman–Crippen LogP) is 16.9. The quantitative estimate of drug-likeness (QED) is 0.0204. The molecule has 12 atom stereocenters. The van der Waals surface area contributed by atoms with Crippen LogP contribution in [0.2, 0.25) is 0 Å². The monoisotopic (exact) mass is 1290 g/mol. The molecule has 14 heteroatoms. The van der Waals surface area contributed by atoms with Crippen molar-refractivity contribution >= 4 is 5.91 Å². The number of unbranched alkanes of at least 4 members (excludes halogenated alkanes) is 48. The minimum Gasteiger partial charge on any atom is -0.394 e. The van der Waals surface area contributed by atoms with Gasteiger partial charge in [-0.2, -0.15) is 0 Å². The van der Waals surface area contributed by atoms with Crippen molar-refractivity contribution in [2.24, 2.45) is 0 Å². The summed E-state index contributed by atoms with van der Waals surface area (Å²) in [6.45, 7) is 2.84. The van der Waals surface area contributed by atoms with Crippen molar-refractivity contribution in [3.8, 4) is 0 Å². The van der Waals surface area contributed by atoms with Gasteiger partial charge in [0.1, 0.15) is 48.8 Å². The number of ether oxygens (including phenoxy) is 4. The fourth-order valence-electron chi connectivity index (χ4n) is 12.9. The Morgan fingerprint density at radius 1 is 0.396 bits per heavy atom. The van der Waals surface area contributed by atoms with E-state index in [1.807, 2.05) is 6.08 Å². The Labute approximate surface area is 557 Å². The van der Waals surface area contributed by atoms with Crippen LogP contribution in [0, 0.1) is 0 Å². The maximum atomic E-state index is 13.4. The third-order valence-electron chi connectivity index (χ3n) is 19.1. The molecular formula is C77H145NO13. The minimum absolute atomic E-state index is 0.232. The largest absolute Gasteiger partial charge is 0.394 e. The smallest absolute Gasteiger partial charge is 0.220 e. The number of rotatable bonds is 65. The number of carbonyl (C=O) groups is 1. The fourth-order valence-corrected chi connectivity index (χ4v) is 12.9. The molecule has 2 fully saturated rings. The fraction of sp³-hybridized carbons (Fsp3) is 0.909. The molecule has 9 N–H and O–H groups in total. The molecule has 1 amide bonds. The molecule has 12 unspecified atom stereocenters. The van der Waals surface area contributed by atoms with Crippen LogP contribution in [0.4, 0.5) is 0 Å². The van der Waals surface area contributed by atoms with Gasteiger partial charge in [0.2, 0.25) is 5.91 Å². The second-order valence-electron chi connectivity index (χ2n) is 27.5. The molecule has 0 radical (unpaired) electrons. The molecule has 2 saturated heterocycles. The molecule has 91 heavy (non-hydrogen) atoms. The zero-order valence-electron chi connectivity index (χ0n) is 58.6. The SMILES string of the molecule is CCCCCCC/C=C\C/C=C\CCCCCCCCCCCCCCCCCCCCCCCCCCCC(=O)NC(COC1OC(CO)C(OC2OC(CO)C(O)C(O)C2O)C(O)C1O)C(O)/C=C/CCCCCCCCCCCCCCCCCCCC. The van der Waals surface area contributed by atoms with E-state index in [0.717, 1.165) is 44.9 Å². The van der Waals surface area contributed by atoms with Crippen LogP contribution in [0.3, 0.4) is 0 Å². The van der Waals surface area contributed by atoms with E-state index in [-0.39, 0.29) is 18.9 Å². The lowest BCUT2D eigenvalue weighted by Crippen LogP contribution is -2.65. The first kappa shape index (κ1) is 85.3. The van der Waals surface area contributed by atoms with E-state index >= 15 is 0 Å². The summed E-state index contributed by atoms with van der Waals surface area (Å²) in [5.41, 5.74) is 0. The van der Waals surface area contributed by atoms with E-state index < -0.39 is 86.8 Å². The van der Waals surface area contributed by atoms with Crippen molar-refractivity contribution in [1.29, 1.82) is 0 Å². The van der Waals surface area contributed by atoms with Gasteiger partial charge in [-0.25, -0.2) is 0 Å². The van der Waals surface area contributed by atoms with Crippen LogP contribution in [0.1, 0.15) is 354 Å². The number of hydrogen-bond acceptors (Lipinski definition) is 13. The highest BCUT2D eigenvalue weighted by Gasteiger charge is 2.51. The standard InChI is InChI=1S/C77H145NO13/c1-3-5-7-9-11-13-15-17-19-21-23-25-26-27-28-29-30-31-32-33-34-35-36-37-38-39-40-41-43-45-47-49-51-53-55-57-59-61-69(82)78-65(66(81)60-58-56-54-52-50-48-46-44-42-24-22-20-18-16-14-12-10-8-6-4-2)64-88-76-74(87)72(85)75(68(63-80)90-76)91-77-73(86)71(84)70(83)67(62-79)89-77/h15,17,21,23,58,60,65-68,70-77,79-81,83-87H,3-14,16,18-20,22,24-57,59,61-64H2,1-2H3,(H,78,82)/b17-15-,23-21-,60-58+. The van der Waals surface area contributed by atoms with Gasteiger partial charge in [-0.3, -0.25) is 4.79 Å². The van der Waals surface area contributed by atoms with Gasteiger partial charge >= 0.3 is 0 Å². The van der Waals surface area contributed by atoms with Crippen LogP contribution >= 0.6 is 0 Å². The second kappa shape index (κ2) is 61.8. The van der Waals surface area contributed by atoms with Gasteiger partial charge in [0.15, 0.2) is 12.6 Å². The predicted molar refractivity (Wildman–Crippen MR) is 374 cm³/mol. The van der Waals surface area contributed by atoms with Gasteiger partial charge in [0, 0.05) is 6.42 Å². The Morgan fingerprint density at radius 3 is 1.10 bits per heavy atom. The Morgan fingerprint density at radius 2 is 0.725 bits per heavy atom. The maximum absolute atomic E-state index is 13.4. The van der Waals surface area contributed by atoms with Crippen LogP contribution in [-0.2, 0) is 23.7 Å². The molecule has 0 aromatic rings. The van der Waals surface area contributed by atoms with Gasteiger partial charge in [-0.05, 0) is 51.4 Å². The van der Waals surface area contributed by atoms with Crippen LogP contribution in [-0.4, -0.2) is 140 Å². The Bertz CT molecular complexity index is 1670. The molecule has 0 spiro atoms. The van der Waals surface area contributed by atoms with Crippen LogP contribution in [0.5, 0.6) is 0 Å². The van der Waals surface area contributed by atoms with E-state index in [1.54, 1.807) is 6.08 Å². The summed E-state index contributed by atoms with van der Waals surface area (Å²) in [6, 6.07) is -0.913. The Balaban J connectivity index is 1.59. The van der Waals surface area contributed by atoms with E-state index in [4.69, 9.17) is 18.9 Å². The molecule has 2 heterocycles. The van der Waals surface area contributed by atoms with Crippen molar-refractivity contribution in [2.75, 3.05) is 19.8 Å². The topological polar surface area (TPSA) is 228 Å². The summed E-state index contributed by atoms with van der Waals surface area (Å²) >= 11 is 0. The van der Waals surface area contributed by atoms with E-state index in [1.165, 1.54) is 283 Å². The van der Waals surface area contributed by atoms with Gasteiger partial charge < -0.3 is 65.1 Å². The average molecular weight is 1290 g/mol. The van der Waals surface area contributed by atoms with Gasteiger partial charge in [0.25, 0.3) is 0 Å². The lowest BCUT2D eigenvalue weighted by atomic mass is 9.97. The zero-order chi connectivity index (χ0) is 65.9. The summed E-state index contributed by atoms with van der Waals surface area (Å²) in [5.74, 6) is -0.232. The molecule has 14 nitrogen and oxygen atoms in total. The molecule has 0 aromatic heterocycles. The molecule has 536 valence electrons. The lowest BCUT2D eigenvalue weighted by Gasteiger charge is -2.46. The molecule has 0 saturated carbocycles. The Kier molecular flexibility index (Phi) is 57.9. The second-order valence-corrected chi connectivity index (χ2v) is 27.5. The molecule has 0 aliphatic carbocycles. The maximum Gasteiger partial charge on any atom is 0.220 e. The first-order chi connectivity index (χ1) is 44.6. The highest BCUT2D eigenvalue weighted by atomic mass is 16.7. The summed E-state index contributed by atoms with van der Waals surface area (Å²) in [4.78, 5) is 13.4. The van der Waals surface area contributed by atoms with Crippen LogP contribution in [0.25, 0.3) is 0 Å². The molecule has 0 aromatic carbocycles. The van der Waals surface area contributed by atoms with E-state index in [9.17, 15) is 45.6 Å². The van der Waals surface area contributed by atoms with Crippen molar-refractivity contribution in [1.82, 2.24) is 5.32 Å². The van der Waals surface area contributed by atoms with Crippen molar-refractivity contribution < 1.29 is 64.6 Å². The first-order valence-corrected chi connectivity index (χ1v) is 38.7. The van der Waals surface area contributed by atoms with Crippen LogP contribution in [0.15, 0.2) is 36.5 Å². The van der Waals surface area contributed by atoms with Crippen molar-refractivity contribution in [3.05, 3.63) is 36.5 Å². The molecule has 2 aliphatic rings. The number of aliphatic hydroxyl groups is 8. The highest BCUT2D eigenvalue weighted by molar-refractivity contribution is 5.76. The summed E-state index contributed by atoms with van der Waals surface area (Å²) in [7, 11) is 0. The van der Waals surface area contributed by atoms with Gasteiger partial charge in [-0.15, -0.1) is 0 Å². The minimum atomic E-state index is -1.79.